The van der Waals surface area contributed by atoms with Gasteiger partial charge in [-0.15, -0.1) is 0 Å². The molecule has 0 fully saturated rings. The van der Waals surface area contributed by atoms with E-state index in [2.05, 4.69) is 58.9 Å². The molecule has 0 saturated heterocycles. The minimum Gasteiger partial charge on any atom is -0.369 e. The van der Waals surface area contributed by atoms with Crippen LogP contribution in [-0.4, -0.2) is 16.5 Å². The van der Waals surface area contributed by atoms with E-state index in [9.17, 15) is 4.79 Å². The molecule has 0 spiro atoms. The van der Waals surface area contributed by atoms with E-state index in [4.69, 9.17) is 0 Å². The van der Waals surface area contributed by atoms with Crippen LogP contribution >= 0.6 is 15.9 Å². The lowest BCUT2D eigenvalue weighted by Crippen LogP contribution is -2.25. The largest absolute Gasteiger partial charge is 0.369 e. The van der Waals surface area contributed by atoms with Gasteiger partial charge in [-0.3, -0.25) is 4.79 Å². The van der Waals surface area contributed by atoms with Gasteiger partial charge in [0.25, 0.3) is 5.56 Å². The van der Waals surface area contributed by atoms with Gasteiger partial charge in [-0.2, -0.15) is 0 Å². The number of rotatable bonds is 5. The molecule has 5 heteroatoms. The maximum Gasteiger partial charge on any atom is 0.267 e. The van der Waals surface area contributed by atoms with E-state index in [1.54, 1.807) is 0 Å². The minimum absolute atomic E-state index is 0.159. The molecule has 1 heterocycles. The Morgan fingerprint density at radius 3 is 2.47 bits per heavy atom. The topological polar surface area (TPSA) is 57.8 Å². The number of hydrogen-bond donors (Lipinski definition) is 2. The van der Waals surface area contributed by atoms with Crippen LogP contribution < -0.4 is 10.9 Å². The Labute approximate surface area is 110 Å². The van der Waals surface area contributed by atoms with Crippen molar-refractivity contribution in [3.05, 3.63) is 21.2 Å². The maximum atomic E-state index is 11.4. The Balaban J connectivity index is 2.72. The van der Waals surface area contributed by atoms with E-state index in [0.29, 0.717) is 28.0 Å². The van der Waals surface area contributed by atoms with Crippen LogP contribution in [0.25, 0.3) is 0 Å². The summed E-state index contributed by atoms with van der Waals surface area (Å²) >= 11 is 3.24. The summed E-state index contributed by atoms with van der Waals surface area (Å²) in [5.74, 6) is 2.37. The Bertz CT molecular complexity index is 406. The highest BCUT2D eigenvalue weighted by Crippen LogP contribution is 2.22. The normalized spacial score (nSPS) is 11.5. The number of aromatic amines is 1. The molecule has 0 aliphatic heterocycles. The highest BCUT2D eigenvalue weighted by atomic mass is 79.9. The fraction of sp³-hybridized carbons (Fsp3) is 0.667. The van der Waals surface area contributed by atoms with Crippen molar-refractivity contribution in [2.24, 2.45) is 17.8 Å². The number of nitrogens with zero attached hydrogens (tertiary/aromatic N) is 1. The lowest BCUT2D eigenvalue weighted by atomic mass is 9.85. The second-order valence-electron chi connectivity index (χ2n) is 4.93. The smallest absolute Gasteiger partial charge is 0.267 e. The number of hydrogen-bond acceptors (Lipinski definition) is 3. The van der Waals surface area contributed by atoms with E-state index in [0.717, 1.165) is 6.54 Å². The summed E-state index contributed by atoms with van der Waals surface area (Å²) in [5.41, 5.74) is -0.159. The van der Waals surface area contributed by atoms with Gasteiger partial charge in [0.05, 0.1) is 6.33 Å². The number of anilines is 1. The van der Waals surface area contributed by atoms with Crippen LogP contribution in [-0.2, 0) is 0 Å². The van der Waals surface area contributed by atoms with Crippen molar-refractivity contribution in [3.63, 3.8) is 0 Å². The molecular formula is C12H20BrN3O. The fourth-order valence-electron chi connectivity index (χ4n) is 1.96. The summed E-state index contributed by atoms with van der Waals surface area (Å²) in [6.07, 6.45) is 1.41. The molecule has 2 N–H and O–H groups in total. The zero-order valence-electron chi connectivity index (χ0n) is 10.7. The van der Waals surface area contributed by atoms with E-state index >= 15 is 0 Å². The first kappa shape index (κ1) is 14.2. The predicted octanol–water partition coefficient (Wildman–Crippen LogP) is 2.87. The van der Waals surface area contributed by atoms with Crippen LogP contribution in [0, 0.1) is 17.8 Å². The van der Waals surface area contributed by atoms with Gasteiger partial charge in [0, 0.05) is 6.54 Å². The van der Waals surface area contributed by atoms with Crippen LogP contribution in [0.1, 0.15) is 27.7 Å². The molecule has 0 aromatic carbocycles. The third kappa shape index (κ3) is 3.84. The van der Waals surface area contributed by atoms with Crippen molar-refractivity contribution in [2.75, 3.05) is 11.9 Å². The van der Waals surface area contributed by atoms with Crippen LogP contribution in [0.15, 0.2) is 15.6 Å². The second-order valence-corrected chi connectivity index (χ2v) is 5.72. The molecule has 1 aromatic rings. The van der Waals surface area contributed by atoms with Crippen LogP contribution in [0.5, 0.6) is 0 Å². The molecule has 0 aliphatic rings. The van der Waals surface area contributed by atoms with Crippen LogP contribution in [0.3, 0.4) is 0 Å². The third-order valence-corrected chi connectivity index (χ3v) is 3.75. The molecule has 4 nitrogen and oxygen atoms in total. The summed E-state index contributed by atoms with van der Waals surface area (Å²) < 4.78 is 0.464. The van der Waals surface area contributed by atoms with Crippen molar-refractivity contribution in [3.8, 4) is 0 Å². The van der Waals surface area contributed by atoms with E-state index in [1.807, 2.05) is 0 Å². The molecule has 0 radical (unpaired) electrons. The van der Waals surface area contributed by atoms with Crippen LogP contribution in [0.4, 0.5) is 5.82 Å². The summed E-state index contributed by atoms with van der Waals surface area (Å²) in [7, 11) is 0. The zero-order valence-corrected chi connectivity index (χ0v) is 12.3. The van der Waals surface area contributed by atoms with Gasteiger partial charge in [0.15, 0.2) is 0 Å². The molecule has 96 valence electrons. The highest BCUT2D eigenvalue weighted by molar-refractivity contribution is 9.10. The fourth-order valence-corrected chi connectivity index (χ4v) is 2.32. The van der Waals surface area contributed by atoms with E-state index in [-0.39, 0.29) is 5.56 Å². The lowest BCUT2D eigenvalue weighted by Gasteiger charge is -2.25. The molecule has 0 unspecified atom stereocenters. The quantitative estimate of drug-likeness (QED) is 0.879. The zero-order chi connectivity index (χ0) is 13.0. The van der Waals surface area contributed by atoms with Crippen molar-refractivity contribution >= 4 is 21.7 Å². The minimum atomic E-state index is -0.159. The van der Waals surface area contributed by atoms with Gasteiger partial charge >= 0.3 is 0 Å². The number of H-pyrrole nitrogens is 1. The summed E-state index contributed by atoms with van der Waals surface area (Å²) in [4.78, 5) is 18.0. The summed E-state index contributed by atoms with van der Waals surface area (Å²) in [6.45, 7) is 9.68. The second kappa shape index (κ2) is 6.19. The monoisotopic (exact) mass is 301 g/mol. The average Bonchev–Trinajstić information content (AvgIpc) is 2.23. The molecule has 0 amide bonds. The first-order valence-corrected chi connectivity index (χ1v) is 6.69. The van der Waals surface area contributed by atoms with Crippen molar-refractivity contribution in [2.45, 2.75) is 27.7 Å². The van der Waals surface area contributed by atoms with Gasteiger partial charge in [-0.1, -0.05) is 27.7 Å². The molecule has 1 aromatic heterocycles. The van der Waals surface area contributed by atoms with Crippen molar-refractivity contribution in [1.29, 1.82) is 0 Å². The van der Waals surface area contributed by atoms with Gasteiger partial charge in [0.1, 0.15) is 10.3 Å². The van der Waals surface area contributed by atoms with Crippen molar-refractivity contribution < 1.29 is 0 Å². The number of aromatic nitrogens is 2. The van der Waals surface area contributed by atoms with Gasteiger partial charge in [-0.05, 0) is 33.7 Å². The Morgan fingerprint density at radius 2 is 1.94 bits per heavy atom. The first-order chi connectivity index (χ1) is 7.93. The van der Waals surface area contributed by atoms with Gasteiger partial charge in [-0.25, -0.2) is 4.98 Å². The molecule has 0 atom stereocenters. The molecular weight excluding hydrogens is 282 g/mol. The SMILES string of the molecule is CC(C)C(CNc1nc[nH]c(=O)c1Br)C(C)C. The molecule has 1 rings (SSSR count). The summed E-state index contributed by atoms with van der Waals surface area (Å²) in [5, 5.41) is 3.24. The highest BCUT2D eigenvalue weighted by Gasteiger charge is 2.18. The Morgan fingerprint density at radius 1 is 1.35 bits per heavy atom. The molecule has 0 saturated carbocycles. The number of halogens is 1. The average molecular weight is 302 g/mol. The third-order valence-electron chi connectivity index (χ3n) is 3.01. The van der Waals surface area contributed by atoms with E-state index < -0.39 is 0 Å². The van der Waals surface area contributed by atoms with Gasteiger partial charge < -0.3 is 10.3 Å². The predicted molar refractivity (Wildman–Crippen MR) is 74.2 cm³/mol. The Kier molecular flexibility index (Phi) is 5.18. The Hall–Kier alpha value is -0.840. The maximum absolute atomic E-state index is 11.4. The van der Waals surface area contributed by atoms with Gasteiger partial charge in [0.2, 0.25) is 0 Å². The van der Waals surface area contributed by atoms with Crippen LogP contribution in [0.2, 0.25) is 0 Å². The van der Waals surface area contributed by atoms with Crippen molar-refractivity contribution in [1.82, 2.24) is 9.97 Å². The molecule has 0 aliphatic carbocycles. The van der Waals surface area contributed by atoms with E-state index in [1.165, 1.54) is 6.33 Å². The molecule has 17 heavy (non-hydrogen) atoms. The molecule has 0 bridgehead atoms. The number of nitrogens with one attached hydrogen (secondary N) is 2. The summed E-state index contributed by atoms with van der Waals surface area (Å²) in [6, 6.07) is 0. The lowest BCUT2D eigenvalue weighted by molar-refractivity contribution is 0.304. The first-order valence-electron chi connectivity index (χ1n) is 5.90. The standard InChI is InChI=1S/C12H20BrN3O/c1-7(2)9(8(3)4)5-14-11-10(13)12(17)16-6-15-11/h6-9H,5H2,1-4H3,(H2,14,15,16,17).